The molecular weight excluding hydrogens is 464 g/mol. The standard InChI is InChI=1S/C23H25BrN2O5/c1-4-11-31-18-13-16(24)15(12-17(18)29-3)21-19(22(27)30-5-2)20(25-23(28)26-21)14-9-7-6-8-10-14/h6-10,12-13,21H,4-5,11H2,1-3H3,(H2,25,26,28). The molecule has 164 valence electrons. The summed E-state index contributed by atoms with van der Waals surface area (Å²) in [5.41, 5.74) is 2.06. The third kappa shape index (κ3) is 5.02. The van der Waals surface area contributed by atoms with Gasteiger partial charge in [-0.2, -0.15) is 0 Å². The molecule has 0 aliphatic carbocycles. The fraction of sp³-hybridized carbons (Fsp3) is 0.304. The van der Waals surface area contributed by atoms with Crippen molar-refractivity contribution in [3.8, 4) is 11.5 Å². The summed E-state index contributed by atoms with van der Waals surface area (Å²) < 4.78 is 17.3. The fourth-order valence-electron chi connectivity index (χ4n) is 3.32. The second kappa shape index (κ2) is 10.3. The van der Waals surface area contributed by atoms with Crippen LogP contribution < -0.4 is 20.1 Å². The lowest BCUT2D eigenvalue weighted by Gasteiger charge is -2.30. The Bertz CT molecular complexity index is 991. The molecule has 0 radical (unpaired) electrons. The van der Waals surface area contributed by atoms with Crippen molar-refractivity contribution in [3.63, 3.8) is 0 Å². The number of carbonyl (C=O) groups is 2. The Kier molecular flexibility index (Phi) is 7.57. The van der Waals surface area contributed by atoms with Gasteiger partial charge in [-0.15, -0.1) is 0 Å². The average Bonchev–Trinajstić information content (AvgIpc) is 2.77. The van der Waals surface area contributed by atoms with Crippen LogP contribution in [0.25, 0.3) is 5.70 Å². The first-order chi connectivity index (χ1) is 15.0. The number of nitrogens with one attached hydrogen (secondary N) is 2. The summed E-state index contributed by atoms with van der Waals surface area (Å²) in [6, 6.07) is 11.6. The van der Waals surface area contributed by atoms with Gasteiger partial charge in [0.2, 0.25) is 0 Å². The summed E-state index contributed by atoms with van der Waals surface area (Å²) in [6.07, 6.45) is 0.850. The van der Waals surface area contributed by atoms with E-state index in [0.717, 1.165) is 6.42 Å². The molecule has 2 N–H and O–H groups in total. The first-order valence-corrected chi connectivity index (χ1v) is 10.8. The highest BCUT2D eigenvalue weighted by atomic mass is 79.9. The highest BCUT2D eigenvalue weighted by molar-refractivity contribution is 9.10. The molecule has 0 saturated heterocycles. The molecule has 1 atom stereocenters. The number of hydrogen-bond donors (Lipinski definition) is 2. The van der Waals surface area contributed by atoms with Gasteiger partial charge in [0.1, 0.15) is 0 Å². The number of carbonyl (C=O) groups excluding carboxylic acids is 2. The number of urea groups is 1. The number of hydrogen-bond acceptors (Lipinski definition) is 5. The van der Waals surface area contributed by atoms with Gasteiger partial charge >= 0.3 is 12.0 Å². The van der Waals surface area contributed by atoms with E-state index in [2.05, 4.69) is 26.6 Å². The van der Waals surface area contributed by atoms with Gasteiger partial charge in [0.05, 0.1) is 37.6 Å². The molecule has 1 aliphatic heterocycles. The zero-order chi connectivity index (χ0) is 22.4. The van der Waals surface area contributed by atoms with Gasteiger partial charge in [-0.1, -0.05) is 53.2 Å². The minimum absolute atomic E-state index is 0.208. The van der Waals surface area contributed by atoms with Crippen molar-refractivity contribution < 1.29 is 23.8 Å². The lowest BCUT2D eigenvalue weighted by atomic mass is 9.92. The van der Waals surface area contributed by atoms with E-state index in [4.69, 9.17) is 14.2 Å². The van der Waals surface area contributed by atoms with Crippen LogP contribution in [-0.4, -0.2) is 32.3 Å². The quantitative estimate of drug-likeness (QED) is 0.531. The molecule has 31 heavy (non-hydrogen) atoms. The first-order valence-electron chi connectivity index (χ1n) is 10.0. The average molecular weight is 489 g/mol. The van der Waals surface area contributed by atoms with Crippen LogP contribution in [0.5, 0.6) is 11.5 Å². The number of benzene rings is 2. The van der Waals surface area contributed by atoms with E-state index in [-0.39, 0.29) is 6.61 Å². The summed E-state index contributed by atoms with van der Waals surface area (Å²) in [6.45, 7) is 4.50. The van der Waals surface area contributed by atoms with Crippen LogP contribution in [0.1, 0.15) is 37.4 Å². The highest BCUT2D eigenvalue weighted by Gasteiger charge is 2.36. The zero-order valence-electron chi connectivity index (χ0n) is 17.7. The van der Waals surface area contributed by atoms with Gasteiger partial charge in [0.25, 0.3) is 0 Å². The molecule has 2 aromatic rings. The Morgan fingerprint density at radius 3 is 2.52 bits per heavy atom. The monoisotopic (exact) mass is 488 g/mol. The Morgan fingerprint density at radius 1 is 1.13 bits per heavy atom. The highest BCUT2D eigenvalue weighted by Crippen LogP contribution is 2.40. The van der Waals surface area contributed by atoms with Crippen LogP contribution in [0, 0.1) is 0 Å². The Labute approximate surface area is 189 Å². The molecule has 0 aromatic heterocycles. The molecule has 7 nitrogen and oxygen atoms in total. The predicted molar refractivity (Wildman–Crippen MR) is 121 cm³/mol. The van der Waals surface area contributed by atoms with Gasteiger partial charge in [-0.05, 0) is 36.6 Å². The van der Waals surface area contributed by atoms with Crippen molar-refractivity contribution in [2.75, 3.05) is 20.3 Å². The zero-order valence-corrected chi connectivity index (χ0v) is 19.2. The molecule has 2 aromatic carbocycles. The van der Waals surface area contributed by atoms with Gasteiger partial charge in [0, 0.05) is 4.47 Å². The van der Waals surface area contributed by atoms with Crippen molar-refractivity contribution >= 4 is 33.6 Å². The second-order valence-electron chi connectivity index (χ2n) is 6.78. The number of amides is 2. The van der Waals surface area contributed by atoms with Gasteiger partial charge in [-0.25, -0.2) is 9.59 Å². The third-order valence-corrected chi connectivity index (χ3v) is 5.37. The molecule has 1 heterocycles. The summed E-state index contributed by atoms with van der Waals surface area (Å²) in [5.74, 6) is 0.560. The molecule has 0 fully saturated rings. The number of rotatable bonds is 8. The van der Waals surface area contributed by atoms with Crippen LogP contribution in [0.2, 0.25) is 0 Å². The van der Waals surface area contributed by atoms with Crippen LogP contribution in [0.3, 0.4) is 0 Å². The van der Waals surface area contributed by atoms with Crippen molar-refractivity contribution in [2.24, 2.45) is 0 Å². The lowest BCUT2D eigenvalue weighted by molar-refractivity contribution is -0.138. The Morgan fingerprint density at radius 2 is 1.87 bits per heavy atom. The van der Waals surface area contributed by atoms with E-state index >= 15 is 0 Å². The van der Waals surface area contributed by atoms with Crippen molar-refractivity contribution in [1.82, 2.24) is 10.6 Å². The van der Waals surface area contributed by atoms with Gasteiger partial charge < -0.3 is 24.8 Å². The van der Waals surface area contributed by atoms with E-state index < -0.39 is 18.0 Å². The van der Waals surface area contributed by atoms with E-state index in [0.29, 0.717) is 45.0 Å². The van der Waals surface area contributed by atoms with E-state index in [1.807, 2.05) is 37.3 Å². The summed E-state index contributed by atoms with van der Waals surface area (Å²) >= 11 is 3.57. The molecule has 0 saturated carbocycles. The SMILES string of the molecule is CCCOc1cc(Br)c(C2NC(=O)NC(c3ccccc3)=C2C(=O)OCC)cc1OC. The normalized spacial score (nSPS) is 15.7. The molecule has 0 spiro atoms. The third-order valence-electron chi connectivity index (χ3n) is 4.69. The Balaban J connectivity index is 2.17. The van der Waals surface area contributed by atoms with Crippen LogP contribution in [-0.2, 0) is 9.53 Å². The van der Waals surface area contributed by atoms with Crippen molar-refractivity contribution in [1.29, 1.82) is 0 Å². The van der Waals surface area contributed by atoms with Gasteiger partial charge in [0.15, 0.2) is 11.5 Å². The van der Waals surface area contributed by atoms with Gasteiger partial charge in [-0.3, -0.25) is 0 Å². The fourth-order valence-corrected chi connectivity index (χ4v) is 3.87. The number of ether oxygens (including phenoxy) is 3. The minimum atomic E-state index is -0.758. The van der Waals surface area contributed by atoms with E-state index in [1.54, 1.807) is 26.2 Å². The van der Waals surface area contributed by atoms with E-state index in [1.165, 1.54) is 0 Å². The van der Waals surface area contributed by atoms with Crippen molar-refractivity contribution in [3.05, 3.63) is 63.6 Å². The van der Waals surface area contributed by atoms with Crippen LogP contribution >= 0.6 is 15.9 Å². The maximum Gasteiger partial charge on any atom is 0.338 e. The molecule has 8 heteroatoms. The first kappa shape index (κ1) is 22.7. The molecule has 3 rings (SSSR count). The predicted octanol–water partition coefficient (Wildman–Crippen LogP) is 4.57. The molecular formula is C23H25BrN2O5. The second-order valence-corrected chi connectivity index (χ2v) is 7.63. The largest absolute Gasteiger partial charge is 0.493 e. The Hall–Kier alpha value is -3.00. The lowest BCUT2D eigenvalue weighted by Crippen LogP contribution is -2.45. The molecule has 1 unspecified atom stereocenters. The minimum Gasteiger partial charge on any atom is -0.493 e. The number of methoxy groups -OCH3 is 1. The van der Waals surface area contributed by atoms with Crippen LogP contribution in [0.4, 0.5) is 4.79 Å². The van der Waals surface area contributed by atoms with E-state index in [9.17, 15) is 9.59 Å². The number of esters is 1. The summed E-state index contributed by atoms with van der Waals surface area (Å²) in [4.78, 5) is 25.6. The smallest absolute Gasteiger partial charge is 0.338 e. The summed E-state index contributed by atoms with van der Waals surface area (Å²) in [7, 11) is 1.55. The van der Waals surface area contributed by atoms with Crippen molar-refractivity contribution in [2.45, 2.75) is 26.3 Å². The number of halogens is 1. The maximum absolute atomic E-state index is 13.0. The van der Waals surface area contributed by atoms with Crippen LogP contribution in [0.15, 0.2) is 52.5 Å². The molecule has 0 bridgehead atoms. The molecule has 2 amide bonds. The summed E-state index contributed by atoms with van der Waals surface area (Å²) in [5, 5.41) is 5.61. The maximum atomic E-state index is 13.0. The molecule has 1 aliphatic rings. The topological polar surface area (TPSA) is 85.9 Å².